The molecule has 1 unspecified atom stereocenters. The van der Waals surface area contributed by atoms with Crippen LogP contribution in [-0.2, 0) is 0 Å². The fourth-order valence-corrected chi connectivity index (χ4v) is 3.22. The van der Waals surface area contributed by atoms with Gasteiger partial charge < -0.3 is 10.2 Å². The van der Waals surface area contributed by atoms with Crippen LogP contribution in [0.4, 0.5) is 10.1 Å². The molecule has 0 aliphatic carbocycles. The summed E-state index contributed by atoms with van der Waals surface area (Å²) >= 11 is 0. The summed E-state index contributed by atoms with van der Waals surface area (Å²) in [5, 5.41) is 10.5. The summed E-state index contributed by atoms with van der Waals surface area (Å²) in [6, 6.07) is 13.6. The number of nitrogens with one attached hydrogen (secondary N) is 2. The highest BCUT2D eigenvalue weighted by Crippen LogP contribution is 2.36. The van der Waals surface area contributed by atoms with Gasteiger partial charge in [0.15, 0.2) is 0 Å². The number of carbonyl (C=O) groups is 1. The molecule has 0 saturated heterocycles. The quantitative estimate of drug-likeness (QED) is 0.702. The first-order valence-corrected chi connectivity index (χ1v) is 8.25. The predicted molar refractivity (Wildman–Crippen MR) is 98.0 cm³/mol. The molecular weight excluding hydrogens is 331 g/mol. The van der Waals surface area contributed by atoms with Crippen LogP contribution in [0.2, 0.25) is 0 Å². The number of fused-ring (bicyclic) bond motifs is 1. The Balaban J connectivity index is 1.79. The maximum absolute atomic E-state index is 13.3. The van der Waals surface area contributed by atoms with Crippen molar-refractivity contribution in [3.05, 3.63) is 84.3 Å². The maximum Gasteiger partial charge on any atom is 0.258 e. The lowest BCUT2D eigenvalue weighted by Gasteiger charge is -2.37. The first-order valence-electron chi connectivity index (χ1n) is 8.25. The van der Waals surface area contributed by atoms with Crippen molar-refractivity contribution in [2.24, 2.45) is 0 Å². The summed E-state index contributed by atoms with van der Waals surface area (Å²) in [4.78, 5) is 14.7. The summed E-state index contributed by atoms with van der Waals surface area (Å²) in [5.41, 5.74) is 3.74. The number of nitrogens with zero attached hydrogens (tertiary/aromatic N) is 2. The van der Waals surface area contributed by atoms with Crippen LogP contribution in [0, 0.1) is 5.82 Å². The zero-order chi connectivity index (χ0) is 18.1. The van der Waals surface area contributed by atoms with E-state index in [9.17, 15) is 9.18 Å². The number of rotatable bonds is 4. The van der Waals surface area contributed by atoms with Crippen LogP contribution in [0.25, 0.3) is 11.3 Å². The molecule has 26 heavy (non-hydrogen) atoms. The van der Waals surface area contributed by atoms with Crippen LogP contribution >= 0.6 is 0 Å². The average Bonchev–Trinajstić information content (AvgIpc) is 3.14. The van der Waals surface area contributed by atoms with E-state index in [4.69, 9.17) is 0 Å². The predicted octanol–water partition coefficient (Wildman–Crippen LogP) is 3.97. The number of carbonyl (C=O) groups excluding carboxylic acids is 1. The molecule has 2 aromatic carbocycles. The van der Waals surface area contributed by atoms with Crippen molar-refractivity contribution in [2.75, 3.05) is 11.9 Å². The lowest BCUT2D eigenvalue weighted by Crippen LogP contribution is -2.43. The van der Waals surface area contributed by atoms with E-state index in [1.54, 1.807) is 35.4 Å². The third-order valence-corrected chi connectivity index (χ3v) is 4.44. The van der Waals surface area contributed by atoms with Gasteiger partial charge in [-0.3, -0.25) is 9.89 Å². The van der Waals surface area contributed by atoms with Gasteiger partial charge in [-0.2, -0.15) is 5.10 Å². The van der Waals surface area contributed by atoms with Gasteiger partial charge in [0.05, 0.1) is 17.5 Å². The lowest BCUT2D eigenvalue weighted by molar-refractivity contribution is 0.0708. The van der Waals surface area contributed by atoms with E-state index in [0.29, 0.717) is 12.1 Å². The molecule has 4 rings (SSSR count). The SMILES string of the molecule is C=CCN1C(=O)c2ccccc2NC1c1cn[nH]c1-c1ccc(F)cc1. The minimum Gasteiger partial charge on any atom is -0.361 e. The summed E-state index contributed by atoms with van der Waals surface area (Å²) < 4.78 is 13.3. The van der Waals surface area contributed by atoms with E-state index >= 15 is 0 Å². The van der Waals surface area contributed by atoms with Crippen LogP contribution in [0.15, 0.2) is 67.4 Å². The van der Waals surface area contributed by atoms with E-state index in [1.165, 1.54) is 12.1 Å². The number of aromatic amines is 1. The molecule has 130 valence electrons. The number of halogens is 1. The number of H-pyrrole nitrogens is 1. The van der Waals surface area contributed by atoms with E-state index in [2.05, 4.69) is 22.1 Å². The molecule has 1 aliphatic rings. The second kappa shape index (κ2) is 6.48. The molecule has 3 aromatic rings. The van der Waals surface area contributed by atoms with Crippen molar-refractivity contribution in [3.63, 3.8) is 0 Å². The standard InChI is InChI=1S/C20H17FN4O/c1-2-11-25-19(23-17-6-4-3-5-15(17)20(25)26)16-12-22-24-18(16)13-7-9-14(21)10-8-13/h2-10,12,19,23H,1,11H2,(H,22,24). The van der Waals surface area contributed by atoms with Gasteiger partial charge in [-0.25, -0.2) is 4.39 Å². The van der Waals surface area contributed by atoms with Gasteiger partial charge in [0.25, 0.3) is 5.91 Å². The number of anilines is 1. The molecule has 6 heteroatoms. The van der Waals surface area contributed by atoms with Crippen molar-refractivity contribution >= 4 is 11.6 Å². The van der Waals surface area contributed by atoms with Crippen molar-refractivity contribution < 1.29 is 9.18 Å². The Labute approximate surface area is 150 Å². The van der Waals surface area contributed by atoms with Crippen molar-refractivity contribution in [2.45, 2.75) is 6.17 Å². The molecule has 0 saturated carbocycles. The first-order chi connectivity index (χ1) is 12.7. The number of amides is 1. The number of aromatic nitrogens is 2. The molecule has 1 aromatic heterocycles. The van der Waals surface area contributed by atoms with Crippen LogP contribution in [0.5, 0.6) is 0 Å². The van der Waals surface area contributed by atoms with Crippen LogP contribution in [0.1, 0.15) is 22.1 Å². The molecular formula is C20H17FN4O. The maximum atomic E-state index is 13.3. The van der Waals surface area contributed by atoms with Gasteiger partial charge in [-0.05, 0) is 36.4 Å². The molecule has 2 N–H and O–H groups in total. The minimum absolute atomic E-state index is 0.0736. The molecule has 0 spiro atoms. The van der Waals surface area contributed by atoms with E-state index < -0.39 is 6.17 Å². The summed E-state index contributed by atoms with van der Waals surface area (Å²) in [7, 11) is 0. The summed E-state index contributed by atoms with van der Waals surface area (Å²) in [6.45, 7) is 4.15. The van der Waals surface area contributed by atoms with Crippen LogP contribution in [0.3, 0.4) is 0 Å². The van der Waals surface area contributed by atoms with Gasteiger partial charge in [-0.15, -0.1) is 6.58 Å². The zero-order valence-electron chi connectivity index (χ0n) is 13.9. The highest BCUT2D eigenvalue weighted by molar-refractivity contribution is 6.02. The Morgan fingerprint density at radius 2 is 1.96 bits per heavy atom. The lowest BCUT2D eigenvalue weighted by atomic mass is 10.0. The van der Waals surface area contributed by atoms with Crippen molar-refractivity contribution in [1.82, 2.24) is 15.1 Å². The smallest absolute Gasteiger partial charge is 0.258 e. The fraction of sp³-hybridized carbons (Fsp3) is 0.100. The largest absolute Gasteiger partial charge is 0.361 e. The molecule has 0 bridgehead atoms. The molecule has 1 atom stereocenters. The average molecular weight is 348 g/mol. The van der Waals surface area contributed by atoms with E-state index in [1.807, 2.05) is 18.2 Å². The van der Waals surface area contributed by atoms with Gasteiger partial charge in [-0.1, -0.05) is 18.2 Å². The number of hydrogen-bond donors (Lipinski definition) is 2. The minimum atomic E-state index is -0.408. The second-order valence-electron chi connectivity index (χ2n) is 6.05. The molecule has 0 radical (unpaired) electrons. The van der Waals surface area contributed by atoms with Crippen LogP contribution in [-0.4, -0.2) is 27.5 Å². The second-order valence-corrected chi connectivity index (χ2v) is 6.05. The Bertz CT molecular complexity index is 964. The van der Waals surface area contributed by atoms with E-state index in [-0.39, 0.29) is 11.7 Å². The van der Waals surface area contributed by atoms with Gasteiger partial charge in [0.1, 0.15) is 12.0 Å². The van der Waals surface area contributed by atoms with Gasteiger partial charge in [0.2, 0.25) is 0 Å². The fourth-order valence-electron chi connectivity index (χ4n) is 3.22. The Morgan fingerprint density at radius 1 is 1.19 bits per heavy atom. The zero-order valence-corrected chi connectivity index (χ0v) is 13.9. The molecule has 1 aliphatic heterocycles. The summed E-state index contributed by atoms with van der Waals surface area (Å²) in [6.07, 6.45) is 2.97. The third-order valence-electron chi connectivity index (χ3n) is 4.44. The molecule has 5 nitrogen and oxygen atoms in total. The number of benzene rings is 2. The Morgan fingerprint density at radius 3 is 2.73 bits per heavy atom. The molecule has 0 fully saturated rings. The van der Waals surface area contributed by atoms with Crippen molar-refractivity contribution in [3.8, 4) is 11.3 Å². The first kappa shape index (κ1) is 16.1. The Kier molecular flexibility index (Phi) is 4.01. The normalized spacial score (nSPS) is 16.1. The Hall–Kier alpha value is -3.41. The molecule has 1 amide bonds. The monoisotopic (exact) mass is 348 g/mol. The molecule has 2 heterocycles. The third kappa shape index (κ3) is 2.65. The topological polar surface area (TPSA) is 61.0 Å². The van der Waals surface area contributed by atoms with Crippen molar-refractivity contribution in [1.29, 1.82) is 0 Å². The number of hydrogen-bond acceptors (Lipinski definition) is 3. The van der Waals surface area contributed by atoms with Gasteiger partial charge >= 0.3 is 0 Å². The van der Waals surface area contributed by atoms with Gasteiger partial charge in [0, 0.05) is 23.4 Å². The highest BCUT2D eigenvalue weighted by atomic mass is 19.1. The highest BCUT2D eigenvalue weighted by Gasteiger charge is 2.34. The number of para-hydroxylation sites is 1. The summed E-state index contributed by atoms with van der Waals surface area (Å²) in [5.74, 6) is -0.376. The van der Waals surface area contributed by atoms with E-state index in [0.717, 1.165) is 22.5 Å². The van der Waals surface area contributed by atoms with Crippen LogP contribution < -0.4 is 5.32 Å².